The number of benzene rings is 6. The molecule has 4 nitrogen and oxygen atoms in total. The van der Waals surface area contributed by atoms with Gasteiger partial charge in [-0.25, -0.2) is 0 Å². The number of hydrogen-bond donors (Lipinski definition) is 1. The van der Waals surface area contributed by atoms with Crippen molar-refractivity contribution < 1.29 is 4.42 Å². The predicted octanol–water partition coefficient (Wildman–Crippen LogP) is 13.8. The van der Waals surface area contributed by atoms with Gasteiger partial charge in [-0.1, -0.05) is 128 Å². The molecule has 0 saturated heterocycles. The first-order chi connectivity index (χ1) is 28.7. The van der Waals surface area contributed by atoms with E-state index in [2.05, 4.69) is 192 Å². The first kappa shape index (κ1) is 33.4. The highest BCUT2D eigenvalue weighted by atomic mass is 16.3. The van der Waals surface area contributed by atoms with Crippen molar-refractivity contribution in [2.45, 2.75) is 38.1 Å². The zero-order valence-electron chi connectivity index (χ0n) is 32.5. The second kappa shape index (κ2) is 13.1. The third-order valence-electron chi connectivity index (χ3n) is 13.1. The summed E-state index contributed by atoms with van der Waals surface area (Å²) >= 11 is 0. The molecule has 5 aliphatic rings. The molecule has 4 heterocycles. The lowest BCUT2D eigenvalue weighted by atomic mass is 9.81. The zero-order valence-corrected chi connectivity index (χ0v) is 32.5. The third kappa shape index (κ3) is 5.00. The van der Waals surface area contributed by atoms with Crippen molar-refractivity contribution in [1.29, 1.82) is 0 Å². The van der Waals surface area contributed by atoms with Crippen molar-refractivity contribution in [3.05, 3.63) is 209 Å². The summed E-state index contributed by atoms with van der Waals surface area (Å²) in [4.78, 5) is 5.22. The fraction of sp³-hybridized carbons (Fsp3) is 0.148. The van der Waals surface area contributed by atoms with Gasteiger partial charge < -0.3 is 19.5 Å². The van der Waals surface area contributed by atoms with Gasteiger partial charge in [0, 0.05) is 45.9 Å². The normalized spacial score (nSPS) is 20.6. The van der Waals surface area contributed by atoms with Gasteiger partial charge in [-0.05, 0) is 113 Å². The maximum atomic E-state index is 6.32. The van der Waals surface area contributed by atoms with Crippen LogP contribution in [-0.4, -0.2) is 6.54 Å². The van der Waals surface area contributed by atoms with Crippen molar-refractivity contribution in [3.8, 4) is 11.1 Å². The van der Waals surface area contributed by atoms with Gasteiger partial charge in [0.2, 0.25) is 0 Å². The maximum Gasteiger partial charge on any atom is 0.135 e. The van der Waals surface area contributed by atoms with Gasteiger partial charge in [0.15, 0.2) is 0 Å². The zero-order chi connectivity index (χ0) is 38.3. The fourth-order valence-electron chi connectivity index (χ4n) is 10.6. The van der Waals surface area contributed by atoms with Crippen molar-refractivity contribution in [1.82, 2.24) is 5.32 Å². The molecule has 0 fully saturated rings. The number of hydrogen-bond acceptors (Lipinski definition) is 4. The lowest BCUT2D eigenvalue weighted by Gasteiger charge is -2.34. The Morgan fingerprint density at radius 2 is 1.38 bits per heavy atom. The monoisotopic (exact) mass is 749 g/mol. The SMILES string of the molecule is CC1CC=CC2=C1C(c1ccc(-c3ccccc3N3c4ccccc4C4C5=C(CCC=C5)N(c5ccc6oc7ccccc7c6c5)[C@H]4c4ccccc43)cc1)=CCN2. The van der Waals surface area contributed by atoms with Crippen LogP contribution >= 0.6 is 0 Å². The molecule has 2 unspecified atom stereocenters. The first-order valence-corrected chi connectivity index (χ1v) is 20.8. The Morgan fingerprint density at radius 3 is 2.26 bits per heavy atom. The van der Waals surface area contributed by atoms with E-state index >= 15 is 0 Å². The Kier molecular flexibility index (Phi) is 7.56. The van der Waals surface area contributed by atoms with E-state index in [-0.39, 0.29) is 12.0 Å². The molecule has 2 aliphatic carbocycles. The number of furan rings is 1. The van der Waals surface area contributed by atoms with E-state index in [0.29, 0.717) is 5.92 Å². The molecule has 280 valence electrons. The standard InChI is InChI=1S/C54H43N3O/c1-34-13-12-19-45-52(34)39(31-32-55-45)36-27-25-35(26-28-36)38-14-2-7-20-46(38)57-48-22-9-4-17-42(48)53-41-16-3-8-21-47(41)56(54(53)43-18-5-10-23-49(43)57)37-29-30-51-44(33-37)40-15-6-11-24-50(40)58-51/h2-7,9-12,14-20,22-31,33-34,53-55H,8,13,21,32H2,1H3/t34?,53?,54-/m0/s1. The Bertz CT molecular complexity index is 2970. The van der Waals surface area contributed by atoms with Gasteiger partial charge in [-0.3, -0.25) is 0 Å². The van der Waals surface area contributed by atoms with Crippen LogP contribution in [0.1, 0.15) is 54.8 Å². The van der Waals surface area contributed by atoms with Crippen LogP contribution in [0.5, 0.6) is 0 Å². The lowest BCUT2D eigenvalue weighted by Crippen LogP contribution is -2.26. The molecule has 0 spiro atoms. The highest BCUT2D eigenvalue weighted by molar-refractivity contribution is 6.06. The van der Waals surface area contributed by atoms with Crippen molar-refractivity contribution in [2.24, 2.45) is 5.92 Å². The summed E-state index contributed by atoms with van der Waals surface area (Å²) in [5.74, 6) is 0.633. The maximum absolute atomic E-state index is 6.32. The lowest BCUT2D eigenvalue weighted by molar-refractivity contribution is 0.647. The molecule has 4 heteroatoms. The molecule has 12 rings (SSSR count). The van der Waals surface area contributed by atoms with Crippen LogP contribution in [0, 0.1) is 5.92 Å². The number of anilines is 4. The summed E-state index contributed by atoms with van der Waals surface area (Å²) in [5.41, 5.74) is 20.0. The molecule has 6 aromatic carbocycles. The van der Waals surface area contributed by atoms with Crippen LogP contribution in [0.25, 0.3) is 38.6 Å². The Balaban J connectivity index is 1.02. The number of nitrogens with zero attached hydrogens (tertiary/aromatic N) is 2. The van der Waals surface area contributed by atoms with E-state index in [1.165, 1.54) is 78.7 Å². The smallest absolute Gasteiger partial charge is 0.135 e. The van der Waals surface area contributed by atoms with Gasteiger partial charge in [-0.15, -0.1) is 0 Å². The Morgan fingerprint density at radius 1 is 0.655 bits per heavy atom. The molecule has 0 saturated carbocycles. The summed E-state index contributed by atoms with van der Waals surface area (Å²) < 4.78 is 6.32. The molecular weight excluding hydrogens is 707 g/mol. The molecule has 0 bridgehead atoms. The number of fused-ring (bicyclic) bond motifs is 9. The van der Waals surface area contributed by atoms with E-state index in [0.717, 1.165) is 47.7 Å². The summed E-state index contributed by atoms with van der Waals surface area (Å²) in [7, 11) is 0. The van der Waals surface area contributed by atoms with Crippen molar-refractivity contribution in [3.63, 3.8) is 0 Å². The van der Waals surface area contributed by atoms with Crippen LogP contribution < -0.4 is 15.1 Å². The van der Waals surface area contributed by atoms with E-state index in [1.807, 2.05) is 0 Å². The second-order valence-electron chi connectivity index (χ2n) is 16.3. The van der Waals surface area contributed by atoms with E-state index < -0.39 is 0 Å². The van der Waals surface area contributed by atoms with Gasteiger partial charge in [0.05, 0.1) is 23.1 Å². The van der Waals surface area contributed by atoms with Crippen LogP contribution in [0.2, 0.25) is 0 Å². The summed E-state index contributed by atoms with van der Waals surface area (Å²) in [5, 5.41) is 5.92. The minimum Gasteiger partial charge on any atom is -0.456 e. The van der Waals surface area contributed by atoms with Crippen LogP contribution in [0.15, 0.2) is 197 Å². The molecule has 3 aliphatic heterocycles. The quantitative estimate of drug-likeness (QED) is 0.194. The molecular formula is C54H43N3O. The first-order valence-electron chi connectivity index (χ1n) is 20.8. The predicted molar refractivity (Wildman–Crippen MR) is 240 cm³/mol. The highest BCUT2D eigenvalue weighted by Crippen LogP contribution is 2.61. The van der Waals surface area contributed by atoms with Crippen LogP contribution in [0.4, 0.5) is 22.7 Å². The third-order valence-corrected chi connectivity index (χ3v) is 13.1. The summed E-state index contributed by atoms with van der Waals surface area (Å²) in [6, 6.07) is 51.9. The van der Waals surface area contributed by atoms with Gasteiger partial charge in [0.25, 0.3) is 0 Å². The fourth-order valence-corrected chi connectivity index (χ4v) is 10.6. The molecule has 0 amide bonds. The van der Waals surface area contributed by atoms with Crippen LogP contribution in [0.3, 0.4) is 0 Å². The molecule has 7 aromatic rings. The number of allylic oxidation sites excluding steroid dienone is 7. The van der Waals surface area contributed by atoms with Gasteiger partial charge in [-0.2, -0.15) is 0 Å². The molecule has 1 aromatic heterocycles. The highest BCUT2D eigenvalue weighted by Gasteiger charge is 2.47. The second-order valence-corrected chi connectivity index (χ2v) is 16.3. The average molecular weight is 750 g/mol. The Labute approximate surface area is 339 Å². The topological polar surface area (TPSA) is 31.6 Å². The largest absolute Gasteiger partial charge is 0.456 e. The van der Waals surface area contributed by atoms with E-state index in [1.54, 1.807) is 0 Å². The molecule has 58 heavy (non-hydrogen) atoms. The van der Waals surface area contributed by atoms with Crippen molar-refractivity contribution in [2.75, 3.05) is 16.3 Å². The van der Waals surface area contributed by atoms with E-state index in [9.17, 15) is 0 Å². The number of rotatable bonds is 4. The minimum atomic E-state index is 0.0617. The average Bonchev–Trinajstić information content (AvgIpc) is 3.79. The van der Waals surface area contributed by atoms with Crippen molar-refractivity contribution >= 4 is 50.3 Å². The Hall–Kier alpha value is -6.78. The van der Waals surface area contributed by atoms with Crippen LogP contribution in [-0.2, 0) is 0 Å². The van der Waals surface area contributed by atoms with Gasteiger partial charge >= 0.3 is 0 Å². The summed E-state index contributed by atoms with van der Waals surface area (Å²) in [6.07, 6.45) is 14.9. The number of nitrogens with one attached hydrogen (secondary N) is 1. The minimum absolute atomic E-state index is 0.0617. The van der Waals surface area contributed by atoms with Gasteiger partial charge in [0.1, 0.15) is 11.2 Å². The molecule has 0 radical (unpaired) electrons. The number of dihydropyridines is 1. The van der Waals surface area contributed by atoms with E-state index in [4.69, 9.17) is 4.42 Å². The molecule has 1 N–H and O–H groups in total. The number of para-hydroxylation sites is 4. The summed E-state index contributed by atoms with van der Waals surface area (Å²) in [6.45, 7) is 3.20. The molecule has 3 atom stereocenters.